The number of ether oxygens (including phenoxy) is 1. The summed E-state index contributed by atoms with van der Waals surface area (Å²) in [5, 5.41) is 3.33. The normalized spacial score (nSPS) is 21.4. The molecule has 1 atom stereocenters. The summed E-state index contributed by atoms with van der Waals surface area (Å²) in [5.74, 6) is 8.87. The zero-order valence-corrected chi connectivity index (χ0v) is 16.2. The van der Waals surface area contributed by atoms with Gasteiger partial charge in [0.2, 0.25) is 0 Å². The molecular formula is C22H29N3O. The van der Waals surface area contributed by atoms with Gasteiger partial charge in [0.25, 0.3) is 0 Å². The quantitative estimate of drug-likeness (QED) is 0.848. The average molecular weight is 351 g/mol. The maximum atomic E-state index is 5.71. The molecule has 4 rings (SSSR count). The molecule has 1 spiro atoms. The van der Waals surface area contributed by atoms with Gasteiger partial charge in [0, 0.05) is 19.0 Å². The van der Waals surface area contributed by atoms with E-state index >= 15 is 0 Å². The fourth-order valence-corrected chi connectivity index (χ4v) is 4.62. The van der Waals surface area contributed by atoms with Crippen LogP contribution in [0.4, 0.5) is 5.69 Å². The number of likely N-dealkylation sites (N-methyl/N-ethyl adjacent to an activating group) is 1. The number of fused-ring (bicyclic) bond motifs is 2. The Hall–Kier alpha value is -1.99. The third-order valence-corrected chi connectivity index (χ3v) is 6.32. The molecule has 3 aliphatic rings. The van der Waals surface area contributed by atoms with E-state index in [1.165, 1.54) is 50.8 Å². The molecule has 1 saturated carbocycles. The van der Waals surface area contributed by atoms with E-state index in [1.807, 2.05) is 7.05 Å². The van der Waals surface area contributed by atoms with E-state index in [0.29, 0.717) is 12.5 Å². The van der Waals surface area contributed by atoms with Crippen molar-refractivity contribution in [3.8, 4) is 17.6 Å². The van der Waals surface area contributed by atoms with Crippen molar-refractivity contribution in [1.29, 1.82) is 0 Å². The lowest BCUT2D eigenvalue weighted by Crippen LogP contribution is -2.45. The number of rotatable bonds is 3. The SMILES string of the molecule is CNC1=Nc2cc(CC#CC(C)N3CCCC3)c(OC)cc2C12CCC2. The van der Waals surface area contributed by atoms with Crippen molar-refractivity contribution in [3.05, 3.63) is 23.3 Å². The summed E-state index contributed by atoms with van der Waals surface area (Å²) >= 11 is 0. The topological polar surface area (TPSA) is 36.9 Å². The van der Waals surface area contributed by atoms with Crippen molar-refractivity contribution < 1.29 is 4.74 Å². The Kier molecular flexibility index (Phi) is 4.67. The lowest BCUT2D eigenvalue weighted by molar-refractivity contribution is 0.308. The first kappa shape index (κ1) is 17.4. The standard InChI is InChI=1S/C22H29N3O/c1-16(25-12-4-5-13-25)8-6-9-17-14-19-18(15-20(17)26-3)22(10-7-11-22)21(23-2)24-19/h14-16H,4-5,7,9-13H2,1-3H3,(H,23,24). The number of hydrogen-bond donors (Lipinski definition) is 1. The number of aliphatic imine (C=N–C) groups is 1. The summed E-state index contributed by atoms with van der Waals surface area (Å²) in [6, 6.07) is 4.74. The van der Waals surface area contributed by atoms with Gasteiger partial charge >= 0.3 is 0 Å². The van der Waals surface area contributed by atoms with Crippen molar-refractivity contribution in [2.24, 2.45) is 4.99 Å². The van der Waals surface area contributed by atoms with E-state index in [9.17, 15) is 0 Å². The van der Waals surface area contributed by atoms with E-state index in [1.54, 1.807) is 7.11 Å². The van der Waals surface area contributed by atoms with Crippen LogP contribution in [-0.2, 0) is 11.8 Å². The second-order valence-electron chi connectivity index (χ2n) is 7.74. The molecule has 0 bridgehead atoms. The fourth-order valence-electron chi connectivity index (χ4n) is 4.62. The molecule has 0 aromatic heterocycles. The number of likely N-dealkylation sites (tertiary alicyclic amines) is 1. The van der Waals surface area contributed by atoms with Crippen LogP contribution < -0.4 is 10.1 Å². The van der Waals surface area contributed by atoms with Crippen LogP contribution in [0.3, 0.4) is 0 Å². The predicted molar refractivity (Wildman–Crippen MR) is 106 cm³/mol. The highest BCUT2D eigenvalue weighted by atomic mass is 16.5. The van der Waals surface area contributed by atoms with Gasteiger partial charge in [-0.05, 0) is 63.4 Å². The van der Waals surface area contributed by atoms with Gasteiger partial charge in [0.1, 0.15) is 11.6 Å². The number of amidine groups is 1. The van der Waals surface area contributed by atoms with Crippen molar-refractivity contribution in [2.45, 2.75) is 56.9 Å². The molecule has 0 radical (unpaired) electrons. The fraction of sp³-hybridized carbons (Fsp3) is 0.591. The lowest BCUT2D eigenvalue weighted by atomic mass is 9.64. The first-order valence-corrected chi connectivity index (χ1v) is 9.89. The Morgan fingerprint density at radius 3 is 2.65 bits per heavy atom. The molecule has 2 heterocycles. The number of hydrogen-bond acceptors (Lipinski definition) is 4. The van der Waals surface area contributed by atoms with Gasteiger partial charge in [-0.25, -0.2) is 4.99 Å². The molecule has 1 unspecified atom stereocenters. The Morgan fingerprint density at radius 1 is 1.27 bits per heavy atom. The second kappa shape index (κ2) is 6.96. The molecule has 1 saturated heterocycles. The first-order chi connectivity index (χ1) is 12.7. The monoisotopic (exact) mass is 351 g/mol. The number of methoxy groups -OCH3 is 1. The van der Waals surface area contributed by atoms with Crippen LogP contribution >= 0.6 is 0 Å². The molecule has 1 aliphatic carbocycles. The minimum absolute atomic E-state index is 0.103. The smallest absolute Gasteiger partial charge is 0.123 e. The van der Waals surface area contributed by atoms with Gasteiger partial charge in [0.05, 0.1) is 24.3 Å². The van der Waals surface area contributed by atoms with Crippen LogP contribution in [0.1, 0.15) is 50.2 Å². The molecule has 2 aliphatic heterocycles. The lowest BCUT2D eigenvalue weighted by Gasteiger charge is -2.40. The van der Waals surface area contributed by atoms with E-state index in [2.05, 4.69) is 41.1 Å². The van der Waals surface area contributed by atoms with Gasteiger partial charge < -0.3 is 10.1 Å². The summed E-state index contributed by atoms with van der Waals surface area (Å²) < 4.78 is 5.71. The average Bonchev–Trinajstić information content (AvgIpc) is 3.25. The predicted octanol–water partition coefficient (Wildman–Crippen LogP) is 3.41. The van der Waals surface area contributed by atoms with Crippen LogP contribution in [0.2, 0.25) is 0 Å². The largest absolute Gasteiger partial charge is 0.496 e. The van der Waals surface area contributed by atoms with E-state index < -0.39 is 0 Å². The second-order valence-corrected chi connectivity index (χ2v) is 7.74. The first-order valence-electron chi connectivity index (χ1n) is 9.89. The van der Waals surface area contributed by atoms with Gasteiger partial charge in [-0.15, -0.1) is 0 Å². The van der Waals surface area contributed by atoms with Crippen LogP contribution in [0.25, 0.3) is 0 Å². The van der Waals surface area contributed by atoms with E-state index in [-0.39, 0.29) is 5.41 Å². The molecule has 4 heteroatoms. The van der Waals surface area contributed by atoms with Crippen LogP contribution in [0.15, 0.2) is 17.1 Å². The minimum Gasteiger partial charge on any atom is -0.496 e. The van der Waals surface area contributed by atoms with Gasteiger partial charge in [0.15, 0.2) is 0 Å². The zero-order chi connectivity index (χ0) is 18.1. The molecule has 4 nitrogen and oxygen atoms in total. The van der Waals surface area contributed by atoms with Crippen molar-refractivity contribution in [3.63, 3.8) is 0 Å². The molecule has 1 aromatic carbocycles. The summed E-state index contributed by atoms with van der Waals surface area (Å²) in [4.78, 5) is 7.35. The summed E-state index contributed by atoms with van der Waals surface area (Å²) in [6.45, 7) is 4.57. The van der Waals surface area contributed by atoms with Gasteiger partial charge in [-0.1, -0.05) is 18.3 Å². The van der Waals surface area contributed by atoms with E-state index in [0.717, 1.165) is 22.8 Å². The third kappa shape index (κ3) is 2.79. The molecule has 26 heavy (non-hydrogen) atoms. The summed E-state index contributed by atoms with van der Waals surface area (Å²) in [7, 11) is 3.74. The van der Waals surface area contributed by atoms with Gasteiger partial charge in [-0.2, -0.15) is 0 Å². The van der Waals surface area contributed by atoms with Crippen LogP contribution in [0.5, 0.6) is 5.75 Å². The number of benzene rings is 1. The Balaban J connectivity index is 1.57. The Labute approximate surface area is 157 Å². The molecule has 1 N–H and O–H groups in total. The summed E-state index contributed by atoms with van der Waals surface area (Å²) in [6.07, 6.45) is 6.94. The zero-order valence-electron chi connectivity index (χ0n) is 16.2. The third-order valence-electron chi connectivity index (χ3n) is 6.32. The Morgan fingerprint density at radius 2 is 2.04 bits per heavy atom. The van der Waals surface area contributed by atoms with Gasteiger partial charge in [-0.3, -0.25) is 4.90 Å². The van der Waals surface area contributed by atoms with Crippen molar-refractivity contribution >= 4 is 11.5 Å². The highest BCUT2D eigenvalue weighted by Crippen LogP contribution is 2.53. The summed E-state index contributed by atoms with van der Waals surface area (Å²) in [5.41, 5.74) is 3.67. The highest BCUT2D eigenvalue weighted by molar-refractivity contribution is 6.01. The molecule has 1 aromatic rings. The molecule has 0 amide bonds. The van der Waals surface area contributed by atoms with Crippen LogP contribution in [0, 0.1) is 11.8 Å². The maximum absolute atomic E-state index is 5.71. The van der Waals surface area contributed by atoms with Crippen molar-refractivity contribution in [2.75, 3.05) is 27.2 Å². The number of nitrogens with zero attached hydrogens (tertiary/aromatic N) is 2. The van der Waals surface area contributed by atoms with E-state index in [4.69, 9.17) is 9.73 Å². The van der Waals surface area contributed by atoms with Crippen molar-refractivity contribution in [1.82, 2.24) is 10.2 Å². The highest BCUT2D eigenvalue weighted by Gasteiger charge is 2.48. The molecule has 2 fully saturated rings. The minimum atomic E-state index is 0.103. The maximum Gasteiger partial charge on any atom is 0.123 e. The molecule has 138 valence electrons. The Bertz CT molecular complexity index is 777. The van der Waals surface area contributed by atoms with Crippen LogP contribution in [-0.4, -0.2) is 44.0 Å². The molecular weight excluding hydrogens is 322 g/mol. The number of nitrogens with one attached hydrogen (secondary N) is 1.